The van der Waals surface area contributed by atoms with Crippen LogP contribution in [0, 0.1) is 5.92 Å². The largest absolute Gasteiger partial charge is 0.370 e. The molecule has 1 fully saturated rings. The number of aromatic nitrogens is 1. The number of hydrogen-bond acceptors (Lipinski definition) is 3. The first-order chi connectivity index (χ1) is 9.31. The molecular weight excluding hydrogens is 234 g/mol. The van der Waals surface area contributed by atoms with E-state index < -0.39 is 0 Å². The molecule has 0 spiro atoms. The fraction of sp³-hybridized carbons (Fsp3) is 0.688. The van der Waals surface area contributed by atoms with E-state index >= 15 is 0 Å². The molecule has 1 aromatic rings. The third-order valence-electron chi connectivity index (χ3n) is 4.11. The van der Waals surface area contributed by atoms with Gasteiger partial charge in [-0.25, -0.2) is 4.98 Å². The van der Waals surface area contributed by atoms with E-state index in [2.05, 4.69) is 41.2 Å². The van der Waals surface area contributed by atoms with Crippen molar-refractivity contribution in [2.24, 2.45) is 5.92 Å². The van der Waals surface area contributed by atoms with Crippen molar-refractivity contribution in [2.45, 2.75) is 46.1 Å². The van der Waals surface area contributed by atoms with Gasteiger partial charge in [0, 0.05) is 19.3 Å². The van der Waals surface area contributed by atoms with Crippen LogP contribution in [0.25, 0.3) is 0 Å². The van der Waals surface area contributed by atoms with E-state index in [0.717, 1.165) is 24.8 Å². The normalized spacial score (nSPS) is 21.1. The Morgan fingerprint density at radius 3 is 3.00 bits per heavy atom. The summed E-state index contributed by atoms with van der Waals surface area (Å²) in [5.41, 5.74) is 1.38. The summed E-state index contributed by atoms with van der Waals surface area (Å²) in [7, 11) is 0. The molecule has 0 aromatic carbocycles. The molecule has 0 saturated carbocycles. The minimum absolute atomic E-state index is 0.929. The number of nitrogens with zero attached hydrogens (tertiary/aromatic N) is 2. The summed E-state index contributed by atoms with van der Waals surface area (Å²) in [6, 6.07) is 4.33. The number of rotatable bonds is 5. The molecule has 1 saturated heterocycles. The second-order valence-corrected chi connectivity index (χ2v) is 5.56. The molecule has 1 atom stereocenters. The lowest BCUT2D eigenvalue weighted by atomic mass is 9.98. The molecule has 0 bridgehead atoms. The van der Waals surface area contributed by atoms with E-state index in [4.69, 9.17) is 0 Å². The zero-order valence-electron chi connectivity index (χ0n) is 12.4. The third kappa shape index (κ3) is 4.50. The number of nitrogens with one attached hydrogen (secondary N) is 1. The first kappa shape index (κ1) is 14.3. The Kier molecular flexibility index (Phi) is 5.64. The molecule has 1 aliphatic heterocycles. The lowest BCUT2D eigenvalue weighted by Crippen LogP contribution is -2.24. The lowest BCUT2D eigenvalue weighted by molar-refractivity contribution is 0.272. The number of hydrogen-bond donors (Lipinski definition) is 1. The summed E-state index contributed by atoms with van der Waals surface area (Å²) < 4.78 is 0. The van der Waals surface area contributed by atoms with Crippen LogP contribution in [0.5, 0.6) is 0 Å². The van der Waals surface area contributed by atoms with Gasteiger partial charge in [-0.3, -0.25) is 4.90 Å². The van der Waals surface area contributed by atoms with Gasteiger partial charge in [0.25, 0.3) is 0 Å². The maximum atomic E-state index is 4.34. The average molecular weight is 261 g/mol. The molecule has 1 N–H and O–H groups in total. The minimum atomic E-state index is 0.929. The van der Waals surface area contributed by atoms with E-state index in [-0.39, 0.29) is 0 Å². The van der Waals surface area contributed by atoms with Crippen LogP contribution in [0.1, 0.15) is 45.1 Å². The van der Waals surface area contributed by atoms with Crippen molar-refractivity contribution in [2.75, 3.05) is 25.0 Å². The SMILES string of the molecule is CCNc1cc(CN2CCCC(CC)CC2)ccn1. The zero-order chi connectivity index (χ0) is 13.5. The highest BCUT2D eigenvalue weighted by atomic mass is 15.1. The van der Waals surface area contributed by atoms with Crippen molar-refractivity contribution in [3.8, 4) is 0 Å². The Bertz CT molecular complexity index is 378. The van der Waals surface area contributed by atoms with Crippen molar-refractivity contribution in [3.63, 3.8) is 0 Å². The Labute approximate surface area is 117 Å². The van der Waals surface area contributed by atoms with Crippen molar-refractivity contribution in [1.29, 1.82) is 0 Å². The van der Waals surface area contributed by atoms with Gasteiger partial charge in [-0.1, -0.05) is 13.3 Å². The van der Waals surface area contributed by atoms with Gasteiger partial charge >= 0.3 is 0 Å². The molecule has 2 heterocycles. The molecule has 2 rings (SSSR count). The molecule has 1 unspecified atom stereocenters. The van der Waals surface area contributed by atoms with Gasteiger partial charge in [-0.15, -0.1) is 0 Å². The molecule has 3 heteroatoms. The molecule has 1 aliphatic rings. The third-order valence-corrected chi connectivity index (χ3v) is 4.11. The smallest absolute Gasteiger partial charge is 0.126 e. The molecule has 0 radical (unpaired) electrons. The van der Waals surface area contributed by atoms with Gasteiger partial charge in [0.05, 0.1) is 0 Å². The summed E-state index contributed by atoms with van der Waals surface area (Å²) in [5, 5.41) is 3.28. The van der Waals surface area contributed by atoms with E-state index in [1.807, 2.05) is 6.20 Å². The first-order valence-electron chi connectivity index (χ1n) is 7.73. The Balaban J connectivity index is 1.91. The lowest BCUT2D eigenvalue weighted by Gasteiger charge is -2.20. The number of likely N-dealkylation sites (tertiary alicyclic amines) is 1. The molecule has 0 aliphatic carbocycles. The van der Waals surface area contributed by atoms with Gasteiger partial charge in [0.15, 0.2) is 0 Å². The van der Waals surface area contributed by atoms with E-state index in [9.17, 15) is 0 Å². The summed E-state index contributed by atoms with van der Waals surface area (Å²) in [5.74, 6) is 1.95. The Hall–Kier alpha value is -1.09. The zero-order valence-corrected chi connectivity index (χ0v) is 12.4. The highest BCUT2D eigenvalue weighted by Crippen LogP contribution is 2.21. The summed E-state index contributed by atoms with van der Waals surface area (Å²) in [6.07, 6.45) is 7.38. The fourth-order valence-corrected chi connectivity index (χ4v) is 2.90. The Morgan fingerprint density at radius 1 is 1.32 bits per heavy atom. The quantitative estimate of drug-likeness (QED) is 0.879. The van der Waals surface area contributed by atoms with Crippen LogP contribution in [-0.4, -0.2) is 29.5 Å². The highest BCUT2D eigenvalue weighted by Gasteiger charge is 2.15. The fourth-order valence-electron chi connectivity index (χ4n) is 2.90. The van der Waals surface area contributed by atoms with Gasteiger partial charge < -0.3 is 5.32 Å². The van der Waals surface area contributed by atoms with Crippen molar-refractivity contribution >= 4 is 5.82 Å². The molecule has 19 heavy (non-hydrogen) atoms. The Morgan fingerprint density at radius 2 is 2.21 bits per heavy atom. The van der Waals surface area contributed by atoms with Crippen molar-refractivity contribution in [1.82, 2.24) is 9.88 Å². The van der Waals surface area contributed by atoms with E-state index in [0.29, 0.717) is 0 Å². The van der Waals surface area contributed by atoms with Gasteiger partial charge in [0.2, 0.25) is 0 Å². The molecular formula is C16H27N3. The minimum Gasteiger partial charge on any atom is -0.370 e. The van der Waals surface area contributed by atoms with Crippen LogP contribution < -0.4 is 5.32 Å². The van der Waals surface area contributed by atoms with Crippen LogP contribution in [0.15, 0.2) is 18.3 Å². The van der Waals surface area contributed by atoms with Crippen LogP contribution in [-0.2, 0) is 6.54 Å². The monoisotopic (exact) mass is 261 g/mol. The van der Waals surface area contributed by atoms with Crippen LogP contribution >= 0.6 is 0 Å². The van der Waals surface area contributed by atoms with Gasteiger partial charge in [-0.2, -0.15) is 0 Å². The highest BCUT2D eigenvalue weighted by molar-refractivity contribution is 5.37. The topological polar surface area (TPSA) is 28.2 Å². The first-order valence-corrected chi connectivity index (χ1v) is 7.73. The summed E-state index contributed by atoms with van der Waals surface area (Å²) in [4.78, 5) is 6.93. The molecule has 1 aromatic heterocycles. The van der Waals surface area contributed by atoms with Crippen LogP contribution in [0.4, 0.5) is 5.82 Å². The summed E-state index contributed by atoms with van der Waals surface area (Å²) in [6.45, 7) is 8.92. The van der Waals surface area contributed by atoms with Crippen LogP contribution in [0.3, 0.4) is 0 Å². The van der Waals surface area contributed by atoms with Gasteiger partial charge in [-0.05, 0) is 62.9 Å². The van der Waals surface area contributed by atoms with Crippen LogP contribution in [0.2, 0.25) is 0 Å². The summed E-state index contributed by atoms with van der Waals surface area (Å²) >= 11 is 0. The number of anilines is 1. The molecule has 106 valence electrons. The second-order valence-electron chi connectivity index (χ2n) is 5.56. The van der Waals surface area contributed by atoms with E-state index in [1.165, 1.54) is 44.3 Å². The maximum absolute atomic E-state index is 4.34. The van der Waals surface area contributed by atoms with Gasteiger partial charge in [0.1, 0.15) is 5.82 Å². The van der Waals surface area contributed by atoms with Crippen molar-refractivity contribution < 1.29 is 0 Å². The maximum Gasteiger partial charge on any atom is 0.126 e. The second kappa shape index (κ2) is 7.49. The predicted molar refractivity (Wildman–Crippen MR) is 81.3 cm³/mol. The predicted octanol–water partition coefficient (Wildman–Crippen LogP) is 3.53. The molecule has 0 amide bonds. The number of pyridine rings is 1. The standard InChI is InChI=1S/C16H27N3/c1-3-14-6-5-10-19(11-8-14)13-15-7-9-18-16(12-15)17-4-2/h7,9,12,14H,3-6,8,10-11,13H2,1-2H3,(H,17,18). The average Bonchev–Trinajstić information content (AvgIpc) is 2.65. The molecule has 3 nitrogen and oxygen atoms in total. The van der Waals surface area contributed by atoms with E-state index in [1.54, 1.807) is 0 Å². The van der Waals surface area contributed by atoms with Crippen molar-refractivity contribution in [3.05, 3.63) is 23.9 Å².